The number of non-ortho nitro benzene ring substituents is 1. The van der Waals surface area contributed by atoms with Crippen LogP contribution in [0.15, 0.2) is 47.5 Å². The summed E-state index contributed by atoms with van der Waals surface area (Å²) in [6.07, 6.45) is 1.33. The summed E-state index contributed by atoms with van der Waals surface area (Å²) in [6.45, 7) is 0. The molecule has 2 aromatic carbocycles. The van der Waals surface area contributed by atoms with Crippen molar-refractivity contribution in [2.45, 2.75) is 0 Å². The topological polar surface area (TPSA) is 96.0 Å². The molecule has 0 spiro atoms. The first-order chi connectivity index (χ1) is 9.06. The van der Waals surface area contributed by atoms with Crippen LogP contribution < -0.4 is 0 Å². The molecule has 2 rings (SSSR count). The number of nitro benzene ring substituents is 1. The summed E-state index contributed by atoms with van der Waals surface area (Å²) >= 11 is 0. The molecule has 0 aliphatic rings. The number of rotatable bonds is 3. The number of aliphatic imine (C=N–C) groups is 1. The van der Waals surface area contributed by atoms with Crippen LogP contribution in [0.5, 0.6) is 11.5 Å². The van der Waals surface area contributed by atoms with E-state index in [1.165, 1.54) is 36.5 Å². The van der Waals surface area contributed by atoms with Crippen molar-refractivity contribution in [2.75, 3.05) is 0 Å². The third-order valence-corrected chi connectivity index (χ3v) is 2.42. The van der Waals surface area contributed by atoms with E-state index in [1.807, 2.05) is 0 Å². The largest absolute Gasteiger partial charge is 0.508 e. The van der Waals surface area contributed by atoms with Crippen molar-refractivity contribution in [1.29, 1.82) is 0 Å². The minimum Gasteiger partial charge on any atom is -0.508 e. The zero-order chi connectivity index (χ0) is 13.8. The van der Waals surface area contributed by atoms with Crippen molar-refractivity contribution < 1.29 is 15.1 Å². The molecular formula is C13H10N2O4. The van der Waals surface area contributed by atoms with Gasteiger partial charge in [-0.05, 0) is 30.3 Å². The maximum absolute atomic E-state index is 10.6. The van der Waals surface area contributed by atoms with Gasteiger partial charge in [0.1, 0.15) is 11.5 Å². The van der Waals surface area contributed by atoms with E-state index in [0.29, 0.717) is 5.69 Å². The quantitative estimate of drug-likeness (QED) is 0.502. The highest BCUT2D eigenvalue weighted by Gasteiger charge is 2.08. The molecule has 0 radical (unpaired) electrons. The van der Waals surface area contributed by atoms with Crippen molar-refractivity contribution in [3.05, 3.63) is 58.1 Å². The summed E-state index contributed by atoms with van der Waals surface area (Å²) in [5.41, 5.74) is 0.691. The molecule has 0 saturated heterocycles. The Morgan fingerprint density at radius 2 is 1.79 bits per heavy atom. The molecule has 0 aliphatic heterocycles. The summed E-state index contributed by atoms with van der Waals surface area (Å²) in [4.78, 5) is 14.1. The van der Waals surface area contributed by atoms with Crippen molar-refractivity contribution in [1.82, 2.24) is 0 Å². The van der Waals surface area contributed by atoms with Gasteiger partial charge in [0.2, 0.25) is 0 Å². The van der Waals surface area contributed by atoms with Gasteiger partial charge >= 0.3 is 0 Å². The molecule has 2 aromatic rings. The fraction of sp³-hybridized carbons (Fsp3) is 0. The summed E-state index contributed by atoms with van der Waals surface area (Å²) in [6, 6.07) is 9.81. The molecule has 2 N–H and O–H groups in total. The van der Waals surface area contributed by atoms with Crippen molar-refractivity contribution >= 4 is 17.6 Å². The first kappa shape index (κ1) is 12.6. The minimum absolute atomic E-state index is 0.0897. The van der Waals surface area contributed by atoms with Gasteiger partial charge in [0.25, 0.3) is 5.69 Å². The van der Waals surface area contributed by atoms with Crippen LogP contribution in [0.25, 0.3) is 0 Å². The van der Waals surface area contributed by atoms with Gasteiger partial charge in [0.05, 0.1) is 10.6 Å². The molecule has 0 fully saturated rings. The van der Waals surface area contributed by atoms with Gasteiger partial charge in [0, 0.05) is 23.9 Å². The number of nitro groups is 1. The van der Waals surface area contributed by atoms with E-state index >= 15 is 0 Å². The highest BCUT2D eigenvalue weighted by molar-refractivity contribution is 5.86. The average Bonchev–Trinajstić information content (AvgIpc) is 2.39. The molecule has 0 bridgehead atoms. The van der Waals surface area contributed by atoms with Crippen molar-refractivity contribution in [3.8, 4) is 11.5 Å². The highest BCUT2D eigenvalue weighted by atomic mass is 16.6. The summed E-state index contributed by atoms with van der Waals surface area (Å²) in [5, 5.41) is 29.3. The molecule has 0 heterocycles. The number of aromatic hydroxyl groups is 2. The Hall–Kier alpha value is -2.89. The second kappa shape index (κ2) is 5.18. The Balaban J connectivity index is 2.29. The molecule has 0 aliphatic carbocycles. The second-order valence-electron chi connectivity index (χ2n) is 3.77. The lowest BCUT2D eigenvalue weighted by Crippen LogP contribution is -1.90. The maximum Gasteiger partial charge on any atom is 0.270 e. The van der Waals surface area contributed by atoms with Crippen LogP contribution >= 0.6 is 0 Å². The lowest BCUT2D eigenvalue weighted by atomic mass is 10.2. The fourth-order valence-electron chi connectivity index (χ4n) is 1.44. The first-order valence-corrected chi connectivity index (χ1v) is 5.37. The summed E-state index contributed by atoms with van der Waals surface area (Å²) in [5.74, 6) is 0.0327. The molecule has 6 heteroatoms. The Bertz CT molecular complexity index is 636. The zero-order valence-electron chi connectivity index (χ0n) is 9.72. The summed E-state index contributed by atoms with van der Waals surface area (Å²) < 4.78 is 0. The lowest BCUT2D eigenvalue weighted by molar-refractivity contribution is -0.384. The van der Waals surface area contributed by atoms with Crippen LogP contribution in [-0.2, 0) is 0 Å². The average molecular weight is 258 g/mol. The third-order valence-electron chi connectivity index (χ3n) is 2.42. The highest BCUT2D eigenvalue weighted by Crippen LogP contribution is 2.22. The van der Waals surface area contributed by atoms with Gasteiger partial charge in [-0.3, -0.25) is 15.1 Å². The zero-order valence-corrected chi connectivity index (χ0v) is 9.72. The monoisotopic (exact) mass is 258 g/mol. The number of phenols is 2. The first-order valence-electron chi connectivity index (χ1n) is 5.37. The molecule has 0 saturated carbocycles. The number of hydrogen-bond donors (Lipinski definition) is 2. The predicted octanol–water partition coefficient (Wildman–Crippen LogP) is 2.76. The lowest BCUT2D eigenvalue weighted by Gasteiger charge is -1.99. The standard InChI is InChI=1S/C13H10N2O4/c16-12-4-1-10(2-5-12)14-8-9-7-11(15(18)19)3-6-13(9)17/h1-8,16-17H/b14-8+. The van der Waals surface area contributed by atoms with Crippen LogP contribution in [-0.4, -0.2) is 21.4 Å². The Morgan fingerprint density at radius 1 is 1.11 bits per heavy atom. The van der Waals surface area contributed by atoms with E-state index < -0.39 is 4.92 Å². The Kier molecular flexibility index (Phi) is 3.42. The Morgan fingerprint density at radius 3 is 2.42 bits per heavy atom. The maximum atomic E-state index is 10.6. The van der Waals surface area contributed by atoms with Gasteiger partial charge < -0.3 is 10.2 Å². The van der Waals surface area contributed by atoms with Gasteiger partial charge in [-0.2, -0.15) is 0 Å². The van der Waals surface area contributed by atoms with E-state index in [2.05, 4.69) is 4.99 Å². The number of benzene rings is 2. The van der Waals surface area contributed by atoms with E-state index in [0.717, 1.165) is 0 Å². The molecule has 96 valence electrons. The molecular weight excluding hydrogens is 248 g/mol. The number of nitrogens with zero attached hydrogens (tertiary/aromatic N) is 2. The molecule has 0 amide bonds. The third kappa shape index (κ3) is 3.06. The van der Waals surface area contributed by atoms with Crippen molar-refractivity contribution in [3.63, 3.8) is 0 Å². The molecule has 0 atom stereocenters. The Labute approximate surface area is 108 Å². The van der Waals surface area contributed by atoms with E-state index in [4.69, 9.17) is 5.11 Å². The molecule has 19 heavy (non-hydrogen) atoms. The fourth-order valence-corrected chi connectivity index (χ4v) is 1.44. The van der Waals surface area contributed by atoms with Gasteiger partial charge in [-0.1, -0.05) is 0 Å². The molecule has 6 nitrogen and oxygen atoms in total. The van der Waals surface area contributed by atoms with Crippen LogP contribution in [0.1, 0.15) is 5.56 Å². The van der Waals surface area contributed by atoms with E-state index in [-0.39, 0.29) is 22.7 Å². The van der Waals surface area contributed by atoms with Gasteiger partial charge in [-0.25, -0.2) is 0 Å². The van der Waals surface area contributed by atoms with Gasteiger partial charge in [-0.15, -0.1) is 0 Å². The van der Waals surface area contributed by atoms with E-state index in [9.17, 15) is 15.2 Å². The smallest absolute Gasteiger partial charge is 0.270 e. The second-order valence-corrected chi connectivity index (χ2v) is 3.77. The molecule has 0 unspecified atom stereocenters. The molecule has 0 aromatic heterocycles. The number of hydrogen-bond acceptors (Lipinski definition) is 5. The van der Waals surface area contributed by atoms with Gasteiger partial charge in [0.15, 0.2) is 0 Å². The minimum atomic E-state index is -0.544. The number of phenolic OH excluding ortho intramolecular Hbond substituents is 2. The van der Waals surface area contributed by atoms with Crippen LogP contribution in [0.4, 0.5) is 11.4 Å². The van der Waals surface area contributed by atoms with Crippen LogP contribution in [0.3, 0.4) is 0 Å². The van der Waals surface area contributed by atoms with Crippen LogP contribution in [0, 0.1) is 10.1 Å². The normalized spacial score (nSPS) is 10.7. The SMILES string of the molecule is O=[N+]([O-])c1ccc(O)c(/C=N/c2ccc(O)cc2)c1. The van der Waals surface area contributed by atoms with E-state index in [1.54, 1.807) is 12.1 Å². The predicted molar refractivity (Wildman–Crippen MR) is 70.1 cm³/mol. The van der Waals surface area contributed by atoms with Crippen molar-refractivity contribution in [2.24, 2.45) is 4.99 Å². The summed E-state index contributed by atoms with van der Waals surface area (Å²) in [7, 11) is 0. The van der Waals surface area contributed by atoms with Crippen LogP contribution in [0.2, 0.25) is 0 Å².